The lowest BCUT2D eigenvalue weighted by Crippen LogP contribution is -2.04. The van der Waals surface area contributed by atoms with E-state index >= 15 is 0 Å². The molecule has 0 aliphatic rings. The number of pyridine rings is 1. The van der Waals surface area contributed by atoms with Gasteiger partial charge < -0.3 is 4.74 Å². The van der Waals surface area contributed by atoms with E-state index < -0.39 is 5.97 Å². The molecule has 0 N–H and O–H groups in total. The second-order valence-corrected chi connectivity index (χ2v) is 3.56. The highest BCUT2D eigenvalue weighted by Crippen LogP contribution is 2.20. The van der Waals surface area contributed by atoms with Crippen molar-refractivity contribution in [3.05, 3.63) is 20.9 Å². The minimum absolute atomic E-state index is 0.260. The molecule has 0 saturated heterocycles. The Bertz CT molecular complexity index is 316. The monoisotopic (exact) mass is 297 g/mol. The summed E-state index contributed by atoms with van der Waals surface area (Å²) in [5.74, 6) is -0.140. The molecule has 0 fully saturated rings. The van der Waals surface area contributed by atoms with Gasteiger partial charge in [-0.3, -0.25) is 4.79 Å². The molecule has 64 valence electrons. The minimum Gasteiger partial charge on any atom is -0.406 e. The van der Waals surface area contributed by atoms with E-state index in [1.165, 1.54) is 6.92 Å². The third kappa shape index (κ3) is 2.60. The Morgan fingerprint density at radius 2 is 2.33 bits per heavy atom. The van der Waals surface area contributed by atoms with Crippen molar-refractivity contribution in [2.45, 2.75) is 6.92 Å². The average molecular weight is 297 g/mol. The maximum atomic E-state index is 10.6. The van der Waals surface area contributed by atoms with E-state index in [2.05, 4.69) is 4.98 Å². The third-order valence-electron chi connectivity index (χ3n) is 1.02. The number of halogens is 2. The van der Waals surface area contributed by atoms with E-state index in [9.17, 15) is 4.79 Å². The van der Waals surface area contributed by atoms with E-state index in [1.807, 2.05) is 22.6 Å². The molecule has 0 unspecified atom stereocenters. The second kappa shape index (κ2) is 4.04. The summed E-state index contributed by atoms with van der Waals surface area (Å²) in [7, 11) is 0. The third-order valence-corrected chi connectivity index (χ3v) is 2.05. The number of rotatable bonds is 1. The van der Waals surface area contributed by atoms with Crippen molar-refractivity contribution in [3.8, 4) is 5.88 Å². The number of carbonyl (C=O) groups is 1. The molecule has 12 heavy (non-hydrogen) atoms. The molecular formula is C7H5ClINO2. The molecule has 0 aromatic carbocycles. The van der Waals surface area contributed by atoms with Gasteiger partial charge in [-0.2, -0.15) is 0 Å². The molecule has 1 heterocycles. The first kappa shape index (κ1) is 9.73. The van der Waals surface area contributed by atoms with E-state index in [1.54, 1.807) is 12.1 Å². The van der Waals surface area contributed by atoms with Crippen LogP contribution in [-0.2, 0) is 4.79 Å². The van der Waals surface area contributed by atoms with Gasteiger partial charge in [0.15, 0.2) is 0 Å². The van der Waals surface area contributed by atoms with Gasteiger partial charge in [0.1, 0.15) is 5.15 Å². The average Bonchev–Trinajstić information content (AvgIpc) is 1.96. The highest BCUT2D eigenvalue weighted by molar-refractivity contribution is 14.1. The topological polar surface area (TPSA) is 39.2 Å². The molecular weight excluding hydrogens is 292 g/mol. The quantitative estimate of drug-likeness (QED) is 0.453. The number of hydrogen-bond donors (Lipinski definition) is 0. The van der Waals surface area contributed by atoms with Crippen LogP contribution < -0.4 is 4.74 Å². The van der Waals surface area contributed by atoms with Crippen molar-refractivity contribution in [1.29, 1.82) is 0 Å². The Morgan fingerprint density at radius 1 is 1.67 bits per heavy atom. The van der Waals surface area contributed by atoms with Gasteiger partial charge in [0.05, 0.1) is 3.57 Å². The molecule has 3 nitrogen and oxygen atoms in total. The van der Waals surface area contributed by atoms with Gasteiger partial charge in [-0.15, -0.1) is 0 Å². The maximum Gasteiger partial charge on any atom is 0.309 e. The molecule has 0 atom stereocenters. The molecule has 5 heteroatoms. The number of esters is 1. The van der Waals surface area contributed by atoms with E-state index in [4.69, 9.17) is 16.3 Å². The Balaban J connectivity index is 2.97. The van der Waals surface area contributed by atoms with Crippen molar-refractivity contribution in [1.82, 2.24) is 4.98 Å². The van der Waals surface area contributed by atoms with Crippen LogP contribution in [0.3, 0.4) is 0 Å². The standard InChI is InChI=1S/C7H5ClINO2/c1-4(11)12-7-5(9)2-3-6(8)10-7/h2-3H,1H3. The summed E-state index contributed by atoms with van der Waals surface area (Å²) in [6, 6.07) is 3.37. The fraction of sp³-hybridized carbons (Fsp3) is 0.143. The van der Waals surface area contributed by atoms with Crippen LogP contribution >= 0.6 is 34.2 Å². The van der Waals surface area contributed by atoms with Crippen molar-refractivity contribution in [2.24, 2.45) is 0 Å². The fourth-order valence-electron chi connectivity index (χ4n) is 0.609. The fourth-order valence-corrected chi connectivity index (χ4v) is 1.16. The molecule has 0 bridgehead atoms. The molecule has 0 radical (unpaired) electrons. The lowest BCUT2D eigenvalue weighted by atomic mass is 10.5. The van der Waals surface area contributed by atoms with Gasteiger partial charge in [0.2, 0.25) is 5.88 Å². The molecule has 0 aliphatic carbocycles. The van der Waals surface area contributed by atoms with Crippen LogP contribution in [0, 0.1) is 3.57 Å². The molecule has 1 aromatic heterocycles. The lowest BCUT2D eigenvalue weighted by Gasteiger charge is -2.01. The van der Waals surface area contributed by atoms with Gasteiger partial charge in [0, 0.05) is 6.92 Å². The normalized spacial score (nSPS) is 9.58. The number of nitrogens with zero attached hydrogens (tertiary/aromatic N) is 1. The van der Waals surface area contributed by atoms with Crippen LogP contribution in [0.15, 0.2) is 12.1 Å². The second-order valence-electron chi connectivity index (χ2n) is 2.01. The number of aromatic nitrogens is 1. The first-order valence-electron chi connectivity index (χ1n) is 3.10. The van der Waals surface area contributed by atoms with Crippen LogP contribution in [0.4, 0.5) is 0 Å². The van der Waals surface area contributed by atoms with E-state index in [-0.39, 0.29) is 5.88 Å². The largest absolute Gasteiger partial charge is 0.406 e. The summed E-state index contributed by atoms with van der Waals surface area (Å²) in [5, 5.41) is 0.312. The minimum atomic E-state index is -0.400. The summed E-state index contributed by atoms with van der Waals surface area (Å²) in [6.07, 6.45) is 0. The molecule has 0 saturated carbocycles. The van der Waals surface area contributed by atoms with Gasteiger partial charge >= 0.3 is 5.97 Å². The smallest absolute Gasteiger partial charge is 0.309 e. The first-order chi connectivity index (χ1) is 5.59. The van der Waals surface area contributed by atoms with Crippen LogP contribution in [0.25, 0.3) is 0 Å². The Morgan fingerprint density at radius 3 is 2.92 bits per heavy atom. The maximum absolute atomic E-state index is 10.6. The molecule has 1 rings (SSSR count). The highest BCUT2D eigenvalue weighted by atomic mass is 127. The van der Waals surface area contributed by atoms with Gasteiger partial charge in [-0.05, 0) is 34.7 Å². The molecule has 0 aliphatic heterocycles. The van der Waals surface area contributed by atoms with Gasteiger partial charge in [0.25, 0.3) is 0 Å². The molecule has 1 aromatic rings. The van der Waals surface area contributed by atoms with Crippen LogP contribution in [-0.4, -0.2) is 11.0 Å². The summed E-state index contributed by atoms with van der Waals surface area (Å²) in [5.41, 5.74) is 0. The van der Waals surface area contributed by atoms with Crippen LogP contribution in [0.5, 0.6) is 5.88 Å². The van der Waals surface area contributed by atoms with Gasteiger partial charge in [-0.1, -0.05) is 11.6 Å². The molecule has 0 spiro atoms. The van der Waals surface area contributed by atoms with Crippen molar-refractivity contribution >= 4 is 40.2 Å². The Labute approximate surface area is 88.2 Å². The number of carbonyl (C=O) groups excluding carboxylic acids is 1. The van der Waals surface area contributed by atoms with Crippen LogP contribution in [0.1, 0.15) is 6.92 Å². The van der Waals surface area contributed by atoms with Crippen LogP contribution in [0.2, 0.25) is 5.15 Å². The molecule has 0 amide bonds. The SMILES string of the molecule is CC(=O)Oc1nc(Cl)ccc1I. The predicted octanol–water partition coefficient (Wildman–Crippen LogP) is 2.26. The Kier molecular flexibility index (Phi) is 3.28. The summed E-state index contributed by atoms with van der Waals surface area (Å²) in [6.45, 7) is 1.32. The summed E-state index contributed by atoms with van der Waals surface area (Å²) < 4.78 is 5.54. The highest BCUT2D eigenvalue weighted by Gasteiger charge is 2.05. The zero-order valence-electron chi connectivity index (χ0n) is 6.17. The number of ether oxygens (including phenoxy) is 1. The summed E-state index contributed by atoms with van der Waals surface area (Å²) in [4.78, 5) is 14.4. The van der Waals surface area contributed by atoms with Crippen molar-refractivity contribution in [3.63, 3.8) is 0 Å². The van der Waals surface area contributed by atoms with E-state index in [0.717, 1.165) is 3.57 Å². The Hall–Kier alpha value is -0.360. The number of hydrogen-bond acceptors (Lipinski definition) is 3. The zero-order chi connectivity index (χ0) is 9.14. The van der Waals surface area contributed by atoms with Crippen molar-refractivity contribution in [2.75, 3.05) is 0 Å². The zero-order valence-corrected chi connectivity index (χ0v) is 9.09. The van der Waals surface area contributed by atoms with E-state index in [0.29, 0.717) is 5.15 Å². The van der Waals surface area contributed by atoms with Gasteiger partial charge in [-0.25, -0.2) is 4.98 Å². The summed E-state index contributed by atoms with van der Waals surface area (Å²) >= 11 is 7.61. The van der Waals surface area contributed by atoms with Crippen molar-refractivity contribution < 1.29 is 9.53 Å². The first-order valence-corrected chi connectivity index (χ1v) is 4.55. The lowest BCUT2D eigenvalue weighted by molar-refractivity contribution is -0.132. The predicted molar refractivity (Wildman–Crippen MR) is 53.3 cm³/mol.